The summed E-state index contributed by atoms with van der Waals surface area (Å²) in [5.74, 6) is 0.727. The topological polar surface area (TPSA) is 70.7 Å². The third-order valence-electron chi connectivity index (χ3n) is 4.34. The van der Waals surface area contributed by atoms with E-state index in [0.717, 1.165) is 43.6 Å². The molecule has 1 aliphatic heterocycles. The second-order valence-electron chi connectivity index (χ2n) is 6.36. The molecule has 6 heteroatoms. The van der Waals surface area contributed by atoms with E-state index < -0.39 is 0 Å². The number of halogens is 1. The molecule has 0 aliphatic carbocycles. The molecule has 0 spiro atoms. The molecule has 25 heavy (non-hydrogen) atoms. The van der Waals surface area contributed by atoms with Crippen molar-refractivity contribution in [1.82, 2.24) is 5.32 Å². The number of piperidine rings is 1. The zero-order valence-corrected chi connectivity index (χ0v) is 17.5. The van der Waals surface area contributed by atoms with Gasteiger partial charge in [-0.15, -0.1) is 24.0 Å². The summed E-state index contributed by atoms with van der Waals surface area (Å²) < 4.78 is 0. The van der Waals surface area contributed by atoms with Crippen LogP contribution in [0.5, 0.6) is 0 Å². The Bertz CT molecular complexity index is 545. The van der Waals surface area contributed by atoms with Crippen LogP contribution in [-0.2, 0) is 11.3 Å². The first kappa shape index (κ1) is 21.7. The first-order chi connectivity index (χ1) is 11.7. The van der Waals surface area contributed by atoms with Gasteiger partial charge in [-0.25, -0.2) is 4.99 Å². The minimum Gasteiger partial charge on any atom is -0.370 e. The summed E-state index contributed by atoms with van der Waals surface area (Å²) in [6.45, 7) is 4.47. The SMILES string of the molecule is CCCCCCNC(N)=NCc1ccc(N2CCCCC2=O)cc1.I. The zero-order chi connectivity index (χ0) is 17.2. The Balaban J connectivity index is 0.00000312. The fraction of sp³-hybridized carbons (Fsp3) is 0.579. The van der Waals surface area contributed by atoms with Crippen molar-refractivity contribution in [3.8, 4) is 0 Å². The van der Waals surface area contributed by atoms with Crippen LogP contribution in [0.1, 0.15) is 57.4 Å². The molecule has 1 heterocycles. The predicted molar refractivity (Wildman–Crippen MR) is 116 cm³/mol. The van der Waals surface area contributed by atoms with Gasteiger partial charge in [-0.3, -0.25) is 4.79 Å². The van der Waals surface area contributed by atoms with E-state index in [1.807, 2.05) is 29.2 Å². The van der Waals surface area contributed by atoms with Crippen molar-refractivity contribution in [2.45, 2.75) is 58.4 Å². The van der Waals surface area contributed by atoms with E-state index in [1.165, 1.54) is 19.3 Å². The maximum Gasteiger partial charge on any atom is 0.226 e. The summed E-state index contributed by atoms with van der Waals surface area (Å²) in [6, 6.07) is 8.05. The summed E-state index contributed by atoms with van der Waals surface area (Å²) in [5, 5.41) is 3.16. The van der Waals surface area contributed by atoms with Crippen LogP contribution in [0.15, 0.2) is 29.3 Å². The number of rotatable bonds is 8. The molecule has 0 aromatic heterocycles. The molecule has 0 radical (unpaired) electrons. The molecule has 1 aromatic rings. The number of nitrogens with one attached hydrogen (secondary N) is 1. The lowest BCUT2D eigenvalue weighted by molar-refractivity contribution is -0.119. The largest absolute Gasteiger partial charge is 0.370 e. The summed E-state index contributed by atoms with van der Waals surface area (Å²) in [5.41, 5.74) is 7.96. The Morgan fingerprint density at radius 3 is 2.64 bits per heavy atom. The Labute approximate surface area is 168 Å². The molecular weight excluding hydrogens is 427 g/mol. The lowest BCUT2D eigenvalue weighted by atomic mass is 10.1. The van der Waals surface area contributed by atoms with Gasteiger partial charge in [0.1, 0.15) is 0 Å². The van der Waals surface area contributed by atoms with E-state index >= 15 is 0 Å². The van der Waals surface area contributed by atoms with Gasteiger partial charge in [0, 0.05) is 25.2 Å². The van der Waals surface area contributed by atoms with Gasteiger partial charge in [0.2, 0.25) is 5.91 Å². The van der Waals surface area contributed by atoms with Gasteiger partial charge in [0.25, 0.3) is 0 Å². The highest BCUT2D eigenvalue weighted by Crippen LogP contribution is 2.21. The molecule has 1 fully saturated rings. The number of unbranched alkanes of at least 4 members (excludes halogenated alkanes) is 3. The van der Waals surface area contributed by atoms with Gasteiger partial charge in [-0.05, 0) is 37.0 Å². The average Bonchev–Trinajstić information content (AvgIpc) is 2.61. The van der Waals surface area contributed by atoms with Crippen molar-refractivity contribution in [2.75, 3.05) is 18.0 Å². The van der Waals surface area contributed by atoms with Gasteiger partial charge < -0.3 is 16.0 Å². The van der Waals surface area contributed by atoms with Gasteiger partial charge in [-0.2, -0.15) is 0 Å². The van der Waals surface area contributed by atoms with Crippen LogP contribution < -0.4 is 16.0 Å². The Morgan fingerprint density at radius 2 is 1.96 bits per heavy atom. The quantitative estimate of drug-likeness (QED) is 0.270. The number of hydrogen-bond donors (Lipinski definition) is 2. The highest BCUT2D eigenvalue weighted by atomic mass is 127. The van der Waals surface area contributed by atoms with Gasteiger partial charge in [0.05, 0.1) is 6.54 Å². The lowest BCUT2D eigenvalue weighted by Gasteiger charge is -2.26. The van der Waals surface area contributed by atoms with Crippen molar-refractivity contribution in [2.24, 2.45) is 10.7 Å². The van der Waals surface area contributed by atoms with E-state index in [1.54, 1.807) is 0 Å². The van der Waals surface area contributed by atoms with Crippen molar-refractivity contribution in [3.63, 3.8) is 0 Å². The molecule has 0 bridgehead atoms. The van der Waals surface area contributed by atoms with Gasteiger partial charge >= 0.3 is 0 Å². The molecule has 1 saturated heterocycles. The molecule has 0 saturated carbocycles. The maximum absolute atomic E-state index is 11.9. The number of benzene rings is 1. The monoisotopic (exact) mass is 458 g/mol. The Kier molecular flexibility index (Phi) is 10.5. The highest BCUT2D eigenvalue weighted by Gasteiger charge is 2.19. The summed E-state index contributed by atoms with van der Waals surface area (Å²) >= 11 is 0. The predicted octanol–water partition coefficient (Wildman–Crippen LogP) is 3.81. The lowest BCUT2D eigenvalue weighted by Crippen LogP contribution is -2.35. The summed E-state index contributed by atoms with van der Waals surface area (Å²) in [6.07, 6.45) is 7.61. The number of aliphatic imine (C=N–C) groups is 1. The summed E-state index contributed by atoms with van der Waals surface area (Å²) in [4.78, 5) is 18.2. The average molecular weight is 458 g/mol. The molecule has 2 rings (SSSR count). The molecule has 3 N–H and O–H groups in total. The normalized spacial score (nSPS) is 15.0. The number of carbonyl (C=O) groups is 1. The molecule has 5 nitrogen and oxygen atoms in total. The standard InChI is InChI=1S/C19H30N4O.HI/c1-2-3-4-6-13-21-19(20)22-15-16-9-11-17(12-10-16)23-14-7-5-8-18(23)24;/h9-12H,2-8,13-15H2,1H3,(H3,20,21,22);1H. The fourth-order valence-electron chi connectivity index (χ4n) is 2.86. The van der Waals surface area contributed by atoms with Gasteiger partial charge in [0.15, 0.2) is 5.96 Å². The van der Waals surface area contributed by atoms with E-state index in [2.05, 4.69) is 17.2 Å². The van der Waals surface area contributed by atoms with E-state index in [4.69, 9.17) is 5.73 Å². The van der Waals surface area contributed by atoms with Gasteiger partial charge in [-0.1, -0.05) is 38.3 Å². The maximum atomic E-state index is 11.9. The zero-order valence-electron chi connectivity index (χ0n) is 15.2. The molecular formula is C19H31IN4O. The first-order valence-electron chi connectivity index (χ1n) is 9.14. The molecule has 1 amide bonds. The second kappa shape index (κ2) is 12.1. The molecule has 1 aliphatic rings. The Morgan fingerprint density at radius 1 is 1.20 bits per heavy atom. The van der Waals surface area contributed by atoms with Crippen LogP contribution in [0.25, 0.3) is 0 Å². The highest BCUT2D eigenvalue weighted by molar-refractivity contribution is 14.0. The van der Waals surface area contributed by atoms with Crippen LogP contribution in [0.2, 0.25) is 0 Å². The number of anilines is 1. The number of carbonyl (C=O) groups excluding carboxylic acids is 1. The minimum atomic E-state index is 0. The van der Waals surface area contributed by atoms with Crippen molar-refractivity contribution in [3.05, 3.63) is 29.8 Å². The fourth-order valence-corrected chi connectivity index (χ4v) is 2.86. The van der Waals surface area contributed by atoms with Crippen LogP contribution in [0.4, 0.5) is 5.69 Å². The van der Waals surface area contributed by atoms with E-state index in [-0.39, 0.29) is 29.9 Å². The van der Waals surface area contributed by atoms with Crippen LogP contribution >= 0.6 is 24.0 Å². The number of nitrogens with two attached hydrogens (primary N) is 1. The molecule has 140 valence electrons. The third kappa shape index (κ3) is 7.63. The van der Waals surface area contributed by atoms with Crippen molar-refractivity contribution in [1.29, 1.82) is 0 Å². The van der Waals surface area contributed by atoms with Crippen molar-refractivity contribution < 1.29 is 4.79 Å². The number of nitrogens with zero attached hydrogens (tertiary/aromatic N) is 2. The van der Waals surface area contributed by atoms with E-state index in [0.29, 0.717) is 18.9 Å². The van der Waals surface area contributed by atoms with Crippen molar-refractivity contribution >= 4 is 41.5 Å². The van der Waals surface area contributed by atoms with Crippen LogP contribution in [0, 0.1) is 0 Å². The molecule has 0 atom stereocenters. The molecule has 1 aromatic carbocycles. The smallest absolute Gasteiger partial charge is 0.226 e. The number of guanidine groups is 1. The molecule has 0 unspecified atom stereocenters. The van der Waals surface area contributed by atoms with Crippen LogP contribution in [0.3, 0.4) is 0 Å². The Hall–Kier alpha value is -1.31. The summed E-state index contributed by atoms with van der Waals surface area (Å²) in [7, 11) is 0. The van der Waals surface area contributed by atoms with E-state index in [9.17, 15) is 4.79 Å². The minimum absolute atomic E-state index is 0. The number of hydrogen-bond acceptors (Lipinski definition) is 2. The first-order valence-corrected chi connectivity index (χ1v) is 9.14. The number of amides is 1. The second-order valence-corrected chi connectivity index (χ2v) is 6.36. The van der Waals surface area contributed by atoms with Crippen LogP contribution in [-0.4, -0.2) is 25.0 Å². The third-order valence-corrected chi connectivity index (χ3v) is 4.34.